The maximum Gasteiger partial charge on any atom is 0.270 e. The number of hydrogen-bond donors (Lipinski definition) is 2. The third-order valence-electron chi connectivity index (χ3n) is 3.85. The Hall–Kier alpha value is -0.850. The molecule has 0 bridgehead atoms. The van der Waals surface area contributed by atoms with Gasteiger partial charge in [-0.3, -0.25) is 4.79 Å². The third-order valence-corrected chi connectivity index (χ3v) is 5.48. The van der Waals surface area contributed by atoms with Crippen molar-refractivity contribution in [2.75, 3.05) is 19.6 Å². The number of aromatic nitrogens is 1. The molecule has 8 heteroatoms. The number of piperidine rings is 1. The molecule has 1 amide bonds. The second-order valence-electron chi connectivity index (χ2n) is 5.59. The van der Waals surface area contributed by atoms with E-state index in [0.717, 1.165) is 30.1 Å². The van der Waals surface area contributed by atoms with Crippen molar-refractivity contribution >= 4 is 52.9 Å². The van der Waals surface area contributed by atoms with E-state index < -0.39 is 0 Å². The summed E-state index contributed by atoms with van der Waals surface area (Å²) in [5.41, 5.74) is 1.31. The standard InChI is InChI=1S/C16H17Cl2N3OS.ClH/c17-12-4-3-11(6-13(12)18)16-21-14(9-23-16)15(22)20-8-10-2-1-5-19-7-10;/h3-4,6,9-10,19H,1-2,5,7-8H2,(H,20,22);1H. The van der Waals surface area contributed by atoms with E-state index in [1.807, 2.05) is 6.07 Å². The Labute approximate surface area is 161 Å². The van der Waals surface area contributed by atoms with Crippen molar-refractivity contribution in [1.29, 1.82) is 0 Å². The smallest absolute Gasteiger partial charge is 0.270 e. The van der Waals surface area contributed by atoms with E-state index in [-0.39, 0.29) is 18.3 Å². The first-order valence-electron chi connectivity index (χ1n) is 7.53. The molecule has 1 saturated heterocycles. The van der Waals surface area contributed by atoms with E-state index in [2.05, 4.69) is 15.6 Å². The summed E-state index contributed by atoms with van der Waals surface area (Å²) in [6.45, 7) is 2.72. The van der Waals surface area contributed by atoms with Crippen molar-refractivity contribution in [2.45, 2.75) is 12.8 Å². The van der Waals surface area contributed by atoms with E-state index in [9.17, 15) is 4.79 Å². The fourth-order valence-electron chi connectivity index (χ4n) is 2.57. The summed E-state index contributed by atoms with van der Waals surface area (Å²) in [6, 6.07) is 5.34. The molecule has 24 heavy (non-hydrogen) atoms. The van der Waals surface area contributed by atoms with E-state index in [0.29, 0.717) is 28.2 Å². The lowest BCUT2D eigenvalue weighted by atomic mass is 10.00. The molecule has 1 unspecified atom stereocenters. The zero-order valence-corrected chi connectivity index (χ0v) is 16.0. The SMILES string of the molecule is Cl.O=C(NCC1CCCNC1)c1csc(-c2ccc(Cl)c(Cl)c2)n1. The summed E-state index contributed by atoms with van der Waals surface area (Å²) >= 11 is 13.4. The first-order chi connectivity index (χ1) is 11.1. The maximum absolute atomic E-state index is 12.2. The molecule has 0 radical (unpaired) electrons. The minimum Gasteiger partial charge on any atom is -0.350 e. The van der Waals surface area contributed by atoms with Gasteiger partial charge >= 0.3 is 0 Å². The zero-order valence-electron chi connectivity index (χ0n) is 12.9. The number of thiazole rings is 1. The maximum atomic E-state index is 12.2. The van der Waals surface area contributed by atoms with Crippen LogP contribution in [0.4, 0.5) is 0 Å². The average Bonchev–Trinajstić information content (AvgIpc) is 3.06. The number of halogens is 3. The summed E-state index contributed by atoms with van der Waals surface area (Å²) in [6.07, 6.45) is 2.32. The van der Waals surface area contributed by atoms with E-state index in [1.54, 1.807) is 17.5 Å². The number of carbonyl (C=O) groups excluding carboxylic acids is 1. The van der Waals surface area contributed by atoms with Crippen molar-refractivity contribution < 1.29 is 4.79 Å². The fraction of sp³-hybridized carbons (Fsp3) is 0.375. The van der Waals surface area contributed by atoms with Crippen LogP contribution in [0.25, 0.3) is 10.6 Å². The predicted molar refractivity (Wildman–Crippen MR) is 103 cm³/mol. The minimum absolute atomic E-state index is 0. The second-order valence-corrected chi connectivity index (χ2v) is 7.26. The number of nitrogens with one attached hydrogen (secondary N) is 2. The molecular weight excluding hydrogens is 389 g/mol. The molecule has 1 fully saturated rings. The average molecular weight is 407 g/mol. The highest BCUT2D eigenvalue weighted by molar-refractivity contribution is 7.13. The number of amides is 1. The van der Waals surface area contributed by atoms with Crippen molar-refractivity contribution in [1.82, 2.24) is 15.6 Å². The van der Waals surface area contributed by atoms with Crippen LogP contribution in [-0.2, 0) is 0 Å². The fourth-order valence-corrected chi connectivity index (χ4v) is 3.66. The van der Waals surface area contributed by atoms with Gasteiger partial charge in [-0.2, -0.15) is 0 Å². The van der Waals surface area contributed by atoms with Gasteiger partial charge in [0.25, 0.3) is 5.91 Å². The molecular formula is C16H18Cl3N3OS. The van der Waals surface area contributed by atoms with E-state index >= 15 is 0 Å². The Morgan fingerprint density at radius 2 is 2.21 bits per heavy atom. The topological polar surface area (TPSA) is 54.0 Å². The lowest BCUT2D eigenvalue weighted by Gasteiger charge is -2.22. The van der Waals surface area contributed by atoms with Crippen molar-refractivity contribution in [3.05, 3.63) is 39.3 Å². The molecule has 1 aromatic heterocycles. The van der Waals surface area contributed by atoms with Crippen LogP contribution in [0.3, 0.4) is 0 Å². The minimum atomic E-state index is -0.127. The molecule has 1 aromatic carbocycles. The monoisotopic (exact) mass is 405 g/mol. The number of rotatable bonds is 4. The Morgan fingerprint density at radius 1 is 1.38 bits per heavy atom. The Balaban J connectivity index is 0.00000208. The number of benzene rings is 1. The van der Waals surface area contributed by atoms with Crippen LogP contribution in [0.2, 0.25) is 10.0 Å². The highest BCUT2D eigenvalue weighted by Gasteiger charge is 2.16. The van der Waals surface area contributed by atoms with Crippen molar-refractivity contribution in [3.8, 4) is 10.6 Å². The largest absolute Gasteiger partial charge is 0.350 e. The number of nitrogens with zero attached hydrogens (tertiary/aromatic N) is 1. The van der Waals surface area contributed by atoms with Crippen LogP contribution < -0.4 is 10.6 Å². The van der Waals surface area contributed by atoms with Gasteiger partial charge < -0.3 is 10.6 Å². The second kappa shape index (κ2) is 9.02. The van der Waals surface area contributed by atoms with Gasteiger partial charge in [0.15, 0.2) is 0 Å². The van der Waals surface area contributed by atoms with Crippen LogP contribution >= 0.6 is 46.9 Å². The first-order valence-corrected chi connectivity index (χ1v) is 9.17. The van der Waals surface area contributed by atoms with Crippen molar-refractivity contribution in [2.24, 2.45) is 5.92 Å². The van der Waals surface area contributed by atoms with Gasteiger partial charge in [-0.05, 0) is 44.0 Å². The Bertz CT molecular complexity index is 702. The molecule has 4 nitrogen and oxygen atoms in total. The summed E-state index contributed by atoms with van der Waals surface area (Å²) < 4.78 is 0. The summed E-state index contributed by atoms with van der Waals surface area (Å²) in [4.78, 5) is 16.6. The number of carbonyl (C=O) groups is 1. The van der Waals surface area contributed by atoms with Crippen LogP contribution in [0, 0.1) is 5.92 Å². The molecule has 2 aromatic rings. The van der Waals surface area contributed by atoms with Gasteiger partial charge in [0.2, 0.25) is 0 Å². The molecule has 130 valence electrons. The lowest BCUT2D eigenvalue weighted by Crippen LogP contribution is -2.38. The van der Waals surface area contributed by atoms with Gasteiger partial charge in [0, 0.05) is 17.5 Å². The van der Waals surface area contributed by atoms with Gasteiger partial charge in [-0.15, -0.1) is 23.7 Å². The van der Waals surface area contributed by atoms with Crippen LogP contribution in [-0.4, -0.2) is 30.5 Å². The van der Waals surface area contributed by atoms with Crippen LogP contribution in [0.15, 0.2) is 23.6 Å². The highest BCUT2D eigenvalue weighted by atomic mass is 35.5. The molecule has 0 aliphatic carbocycles. The Morgan fingerprint density at radius 3 is 2.92 bits per heavy atom. The zero-order chi connectivity index (χ0) is 16.2. The predicted octanol–water partition coefficient (Wildman–Crippen LogP) is 4.27. The molecule has 2 heterocycles. The normalized spacial score (nSPS) is 17.2. The first kappa shape index (κ1) is 19.5. The number of hydrogen-bond acceptors (Lipinski definition) is 4. The molecule has 0 spiro atoms. The highest BCUT2D eigenvalue weighted by Crippen LogP contribution is 2.30. The Kier molecular flexibility index (Phi) is 7.32. The summed E-state index contributed by atoms with van der Waals surface area (Å²) in [7, 11) is 0. The molecule has 1 atom stereocenters. The van der Waals surface area contributed by atoms with Gasteiger partial charge in [-0.1, -0.05) is 29.3 Å². The molecule has 1 aliphatic heterocycles. The van der Waals surface area contributed by atoms with E-state index in [1.165, 1.54) is 17.8 Å². The van der Waals surface area contributed by atoms with Crippen LogP contribution in [0.5, 0.6) is 0 Å². The summed E-state index contributed by atoms with van der Waals surface area (Å²) in [5, 5.41) is 9.83. The molecule has 2 N–H and O–H groups in total. The van der Waals surface area contributed by atoms with E-state index in [4.69, 9.17) is 23.2 Å². The third kappa shape index (κ3) is 4.83. The molecule has 3 rings (SSSR count). The molecule has 0 saturated carbocycles. The van der Waals surface area contributed by atoms with Gasteiger partial charge in [0.1, 0.15) is 10.7 Å². The van der Waals surface area contributed by atoms with Crippen molar-refractivity contribution in [3.63, 3.8) is 0 Å². The van der Waals surface area contributed by atoms with Gasteiger partial charge in [-0.25, -0.2) is 4.98 Å². The lowest BCUT2D eigenvalue weighted by molar-refractivity contribution is 0.0940. The van der Waals surface area contributed by atoms with Crippen LogP contribution in [0.1, 0.15) is 23.3 Å². The molecule has 1 aliphatic rings. The summed E-state index contributed by atoms with van der Waals surface area (Å²) in [5.74, 6) is 0.374. The van der Waals surface area contributed by atoms with Gasteiger partial charge in [0.05, 0.1) is 10.0 Å². The quantitative estimate of drug-likeness (QED) is 0.797.